The van der Waals surface area contributed by atoms with Crippen LogP contribution in [-0.2, 0) is 0 Å². The Morgan fingerprint density at radius 3 is 2.77 bits per heavy atom. The maximum Gasteiger partial charge on any atom is 0.182 e. The lowest BCUT2D eigenvalue weighted by Crippen LogP contribution is -2.34. The zero-order valence-corrected chi connectivity index (χ0v) is 7.90. The van der Waals surface area contributed by atoms with Crippen LogP contribution in [0.3, 0.4) is 0 Å². The molecule has 68 valence electrons. The Morgan fingerprint density at radius 1 is 1.46 bits per heavy atom. The summed E-state index contributed by atoms with van der Waals surface area (Å²) in [5.74, 6) is 0. The van der Waals surface area contributed by atoms with Crippen molar-refractivity contribution in [2.75, 3.05) is 5.43 Å². The third-order valence-electron chi connectivity index (χ3n) is 1.50. The second kappa shape index (κ2) is 4.47. The molecule has 1 aromatic rings. The molecule has 1 rings (SSSR count). The van der Waals surface area contributed by atoms with E-state index in [2.05, 4.69) is 29.6 Å². The van der Waals surface area contributed by atoms with E-state index < -0.39 is 0 Å². The normalized spacial score (nSPS) is 8.92. The number of nitrogens with one attached hydrogen (secondary N) is 2. The van der Waals surface area contributed by atoms with Crippen molar-refractivity contribution in [3.05, 3.63) is 36.4 Å². The minimum atomic E-state index is 0.207. The standard InChI is InChI=1S/C9H11N3S/c1-2-7-5-3-4-6-8(7)11-12-9(10)13/h2-6,11H,1H2,(H3,10,12,13). The van der Waals surface area contributed by atoms with E-state index in [1.165, 1.54) is 0 Å². The van der Waals surface area contributed by atoms with Crippen LogP contribution in [0.5, 0.6) is 0 Å². The first kappa shape index (κ1) is 9.54. The second-order valence-electron chi connectivity index (χ2n) is 2.41. The molecule has 0 fully saturated rings. The molecular formula is C9H11N3S. The van der Waals surface area contributed by atoms with Gasteiger partial charge in [0, 0.05) is 0 Å². The first-order valence-electron chi connectivity index (χ1n) is 3.77. The number of para-hydroxylation sites is 1. The summed E-state index contributed by atoms with van der Waals surface area (Å²) in [6.45, 7) is 3.69. The Morgan fingerprint density at radius 2 is 2.15 bits per heavy atom. The van der Waals surface area contributed by atoms with E-state index in [0.29, 0.717) is 0 Å². The third kappa shape index (κ3) is 2.76. The Hall–Kier alpha value is -1.55. The number of nitrogens with two attached hydrogens (primary N) is 1. The van der Waals surface area contributed by atoms with Gasteiger partial charge in [-0.1, -0.05) is 30.9 Å². The van der Waals surface area contributed by atoms with E-state index in [9.17, 15) is 0 Å². The molecule has 0 saturated carbocycles. The minimum absolute atomic E-state index is 0.207. The van der Waals surface area contributed by atoms with Crippen molar-refractivity contribution in [1.29, 1.82) is 0 Å². The van der Waals surface area contributed by atoms with Crippen molar-refractivity contribution in [2.24, 2.45) is 5.73 Å². The minimum Gasteiger partial charge on any atom is -0.375 e. The highest BCUT2D eigenvalue weighted by Gasteiger charge is 1.95. The molecule has 1 aromatic carbocycles. The van der Waals surface area contributed by atoms with E-state index >= 15 is 0 Å². The van der Waals surface area contributed by atoms with Crippen LogP contribution in [0, 0.1) is 0 Å². The maximum atomic E-state index is 5.26. The van der Waals surface area contributed by atoms with Gasteiger partial charge >= 0.3 is 0 Å². The van der Waals surface area contributed by atoms with Gasteiger partial charge in [-0.15, -0.1) is 0 Å². The van der Waals surface area contributed by atoms with Crippen molar-refractivity contribution in [3.63, 3.8) is 0 Å². The molecule has 0 radical (unpaired) electrons. The molecule has 0 bridgehead atoms. The number of thiocarbonyl (C=S) groups is 1. The van der Waals surface area contributed by atoms with Gasteiger partial charge in [0.2, 0.25) is 0 Å². The molecule has 0 heterocycles. The number of benzene rings is 1. The van der Waals surface area contributed by atoms with Crippen LogP contribution in [0.1, 0.15) is 5.56 Å². The zero-order chi connectivity index (χ0) is 9.68. The van der Waals surface area contributed by atoms with Crippen molar-refractivity contribution < 1.29 is 0 Å². The van der Waals surface area contributed by atoms with Gasteiger partial charge in [-0.3, -0.25) is 10.9 Å². The number of hydrogen-bond donors (Lipinski definition) is 3. The van der Waals surface area contributed by atoms with Gasteiger partial charge < -0.3 is 5.73 Å². The van der Waals surface area contributed by atoms with Crippen LogP contribution in [-0.4, -0.2) is 5.11 Å². The van der Waals surface area contributed by atoms with E-state index in [-0.39, 0.29) is 5.11 Å². The largest absolute Gasteiger partial charge is 0.375 e. The van der Waals surface area contributed by atoms with Gasteiger partial charge in [0.05, 0.1) is 5.69 Å². The summed E-state index contributed by atoms with van der Waals surface area (Å²) in [5.41, 5.74) is 12.7. The van der Waals surface area contributed by atoms with Gasteiger partial charge in [-0.05, 0) is 23.8 Å². The Labute approximate surface area is 82.6 Å². The quantitative estimate of drug-likeness (QED) is 0.503. The fourth-order valence-corrected chi connectivity index (χ4v) is 0.969. The van der Waals surface area contributed by atoms with E-state index in [0.717, 1.165) is 11.3 Å². The highest BCUT2D eigenvalue weighted by Crippen LogP contribution is 2.14. The fraction of sp³-hybridized carbons (Fsp3) is 0. The lowest BCUT2D eigenvalue weighted by Gasteiger charge is -2.09. The van der Waals surface area contributed by atoms with Crippen molar-refractivity contribution >= 4 is 29.1 Å². The number of hydrazine groups is 1. The first-order chi connectivity index (χ1) is 6.24. The highest BCUT2D eigenvalue weighted by atomic mass is 32.1. The van der Waals surface area contributed by atoms with Crippen LogP contribution in [0.15, 0.2) is 30.8 Å². The molecule has 4 N–H and O–H groups in total. The van der Waals surface area contributed by atoms with E-state index in [1.54, 1.807) is 6.08 Å². The van der Waals surface area contributed by atoms with Gasteiger partial charge in [-0.25, -0.2) is 0 Å². The van der Waals surface area contributed by atoms with Crippen LogP contribution in [0.4, 0.5) is 5.69 Å². The predicted octanol–water partition coefficient (Wildman–Crippen LogP) is 1.49. The second-order valence-corrected chi connectivity index (χ2v) is 2.85. The monoisotopic (exact) mass is 193 g/mol. The Kier molecular flexibility index (Phi) is 3.28. The van der Waals surface area contributed by atoms with Crippen LogP contribution in [0.25, 0.3) is 6.08 Å². The topological polar surface area (TPSA) is 50.1 Å². The van der Waals surface area contributed by atoms with Crippen LogP contribution < -0.4 is 16.6 Å². The number of rotatable bonds is 3. The molecule has 13 heavy (non-hydrogen) atoms. The molecule has 0 aliphatic rings. The van der Waals surface area contributed by atoms with Gasteiger partial charge in [0.1, 0.15) is 0 Å². The number of anilines is 1. The molecule has 0 amide bonds. The van der Waals surface area contributed by atoms with Crippen molar-refractivity contribution in [1.82, 2.24) is 5.43 Å². The molecule has 4 heteroatoms. The third-order valence-corrected chi connectivity index (χ3v) is 1.60. The molecule has 0 aliphatic heterocycles. The van der Waals surface area contributed by atoms with Gasteiger partial charge in [0.25, 0.3) is 0 Å². The van der Waals surface area contributed by atoms with Crippen LogP contribution >= 0.6 is 12.2 Å². The van der Waals surface area contributed by atoms with E-state index in [1.807, 2.05) is 24.3 Å². The van der Waals surface area contributed by atoms with E-state index in [4.69, 9.17) is 5.73 Å². The Balaban J connectivity index is 2.75. The predicted molar refractivity (Wildman–Crippen MR) is 60.1 cm³/mol. The average Bonchev–Trinajstić information content (AvgIpc) is 2.15. The molecule has 0 saturated heterocycles. The zero-order valence-electron chi connectivity index (χ0n) is 7.08. The van der Waals surface area contributed by atoms with Crippen molar-refractivity contribution in [3.8, 4) is 0 Å². The fourth-order valence-electron chi connectivity index (χ4n) is 0.918. The first-order valence-corrected chi connectivity index (χ1v) is 4.18. The molecule has 0 aliphatic carbocycles. The Bertz CT molecular complexity index is 322. The molecule has 0 atom stereocenters. The molecular weight excluding hydrogens is 182 g/mol. The highest BCUT2D eigenvalue weighted by molar-refractivity contribution is 7.80. The summed E-state index contributed by atoms with van der Waals surface area (Å²) >= 11 is 4.65. The summed E-state index contributed by atoms with van der Waals surface area (Å²) in [5, 5.41) is 0.207. The summed E-state index contributed by atoms with van der Waals surface area (Å²) in [7, 11) is 0. The summed E-state index contributed by atoms with van der Waals surface area (Å²) < 4.78 is 0. The van der Waals surface area contributed by atoms with Gasteiger partial charge in [0.15, 0.2) is 5.11 Å². The SMILES string of the molecule is C=Cc1ccccc1NNC(N)=S. The molecule has 0 spiro atoms. The summed E-state index contributed by atoms with van der Waals surface area (Å²) in [6.07, 6.45) is 1.75. The average molecular weight is 193 g/mol. The maximum absolute atomic E-state index is 5.26. The summed E-state index contributed by atoms with van der Waals surface area (Å²) in [6, 6.07) is 7.69. The number of hydrogen-bond acceptors (Lipinski definition) is 2. The van der Waals surface area contributed by atoms with Crippen molar-refractivity contribution in [2.45, 2.75) is 0 Å². The summed E-state index contributed by atoms with van der Waals surface area (Å²) in [4.78, 5) is 0. The smallest absolute Gasteiger partial charge is 0.182 e. The molecule has 3 nitrogen and oxygen atoms in total. The lowest BCUT2D eigenvalue weighted by molar-refractivity contribution is 1.13. The molecule has 0 aromatic heterocycles. The lowest BCUT2D eigenvalue weighted by atomic mass is 10.2. The molecule has 0 unspecified atom stereocenters. The van der Waals surface area contributed by atoms with Gasteiger partial charge in [-0.2, -0.15) is 0 Å². The van der Waals surface area contributed by atoms with Crippen LogP contribution in [0.2, 0.25) is 0 Å².